The Labute approximate surface area is 116 Å². The number of amides is 2. The molecule has 1 fully saturated rings. The van der Waals surface area contributed by atoms with Crippen LogP contribution in [0.15, 0.2) is 48.6 Å². The van der Waals surface area contributed by atoms with Gasteiger partial charge in [0.2, 0.25) is 0 Å². The molecule has 2 amide bonds. The topological polar surface area (TPSA) is 49.4 Å². The molecule has 1 N–H and O–H groups in total. The average molecular weight is 272 g/mol. The first-order valence-corrected chi connectivity index (χ1v) is 6.09. The van der Waals surface area contributed by atoms with E-state index in [1.807, 2.05) is 30.3 Å². The van der Waals surface area contributed by atoms with Crippen molar-refractivity contribution >= 4 is 35.2 Å². The third kappa shape index (κ3) is 2.77. The molecule has 4 nitrogen and oxygen atoms in total. The molecule has 0 unspecified atom stereocenters. The number of hydrogen-bond donors (Lipinski definition) is 1. The van der Waals surface area contributed by atoms with Gasteiger partial charge in [-0.2, -0.15) is 0 Å². The fourth-order valence-electron chi connectivity index (χ4n) is 1.70. The number of nitrogens with zero attached hydrogens (tertiary/aromatic N) is 1. The summed E-state index contributed by atoms with van der Waals surface area (Å²) in [5.41, 5.74) is 0.856. The largest absolute Gasteiger partial charge is 0.298 e. The molecule has 1 aromatic rings. The highest BCUT2D eigenvalue weighted by molar-refractivity contribution is 7.80. The van der Waals surface area contributed by atoms with E-state index in [0.29, 0.717) is 0 Å². The molecular formula is C14H12N2O2S. The van der Waals surface area contributed by atoms with Gasteiger partial charge in [-0.1, -0.05) is 36.4 Å². The van der Waals surface area contributed by atoms with Gasteiger partial charge < -0.3 is 0 Å². The van der Waals surface area contributed by atoms with Crippen molar-refractivity contribution in [3.05, 3.63) is 54.1 Å². The molecule has 0 atom stereocenters. The molecule has 0 radical (unpaired) electrons. The Balaban J connectivity index is 2.36. The maximum atomic E-state index is 12.2. The lowest BCUT2D eigenvalue weighted by atomic mass is 10.1. The van der Waals surface area contributed by atoms with Crippen molar-refractivity contribution in [2.75, 3.05) is 6.54 Å². The van der Waals surface area contributed by atoms with Gasteiger partial charge in [0.25, 0.3) is 11.8 Å². The molecule has 0 aromatic heterocycles. The van der Waals surface area contributed by atoms with Crippen LogP contribution >= 0.6 is 12.2 Å². The number of rotatable bonds is 3. The summed E-state index contributed by atoms with van der Waals surface area (Å²) in [7, 11) is 0. The van der Waals surface area contributed by atoms with Crippen molar-refractivity contribution in [3.8, 4) is 0 Å². The van der Waals surface area contributed by atoms with E-state index < -0.39 is 11.8 Å². The lowest BCUT2D eigenvalue weighted by Crippen LogP contribution is -2.53. The van der Waals surface area contributed by atoms with E-state index in [1.54, 1.807) is 12.2 Å². The van der Waals surface area contributed by atoms with Crippen molar-refractivity contribution in [1.82, 2.24) is 10.2 Å². The van der Waals surface area contributed by atoms with Crippen LogP contribution in [0.25, 0.3) is 6.08 Å². The van der Waals surface area contributed by atoms with Gasteiger partial charge in [0, 0.05) is 6.54 Å². The van der Waals surface area contributed by atoms with E-state index in [0.717, 1.165) is 5.56 Å². The summed E-state index contributed by atoms with van der Waals surface area (Å²) in [6.07, 6.45) is 3.11. The minimum atomic E-state index is -0.473. The lowest BCUT2D eigenvalue weighted by molar-refractivity contribution is -0.128. The molecule has 0 bridgehead atoms. The van der Waals surface area contributed by atoms with Crippen molar-refractivity contribution < 1.29 is 9.59 Å². The van der Waals surface area contributed by atoms with E-state index in [4.69, 9.17) is 12.2 Å². The summed E-state index contributed by atoms with van der Waals surface area (Å²) in [6.45, 7) is 3.83. The maximum absolute atomic E-state index is 12.2. The second kappa shape index (κ2) is 5.58. The highest BCUT2D eigenvalue weighted by Crippen LogP contribution is 2.14. The van der Waals surface area contributed by atoms with Crippen LogP contribution in [0.1, 0.15) is 5.56 Å². The zero-order valence-electron chi connectivity index (χ0n) is 10.1. The van der Waals surface area contributed by atoms with Gasteiger partial charge in [-0.25, -0.2) is 0 Å². The zero-order chi connectivity index (χ0) is 13.8. The Morgan fingerprint density at radius 1 is 1.26 bits per heavy atom. The van der Waals surface area contributed by atoms with Crippen LogP contribution in [0.5, 0.6) is 0 Å². The number of benzene rings is 1. The molecule has 96 valence electrons. The molecule has 1 aliphatic heterocycles. The van der Waals surface area contributed by atoms with Gasteiger partial charge >= 0.3 is 0 Å². The van der Waals surface area contributed by atoms with Gasteiger partial charge in [0.05, 0.1) is 0 Å². The Morgan fingerprint density at radius 2 is 1.95 bits per heavy atom. The summed E-state index contributed by atoms with van der Waals surface area (Å²) >= 11 is 4.96. The summed E-state index contributed by atoms with van der Waals surface area (Å²) in [6, 6.07) is 9.17. The Bertz CT molecular complexity index is 578. The number of carbonyl (C=O) groups excluding carboxylic acids is 2. The van der Waals surface area contributed by atoms with Crippen LogP contribution in [-0.4, -0.2) is 28.4 Å². The minimum absolute atomic E-state index is 0.0710. The maximum Gasteiger partial charge on any atom is 0.265 e. The van der Waals surface area contributed by atoms with Gasteiger partial charge in [-0.3, -0.25) is 19.8 Å². The zero-order valence-corrected chi connectivity index (χ0v) is 10.9. The number of carbonyl (C=O) groups is 2. The molecule has 0 spiro atoms. The Morgan fingerprint density at radius 3 is 2.58 bits per heavy atom. The SMILES string of the molecule is C=CCN1C(=O)C(=Cc2ccccc2)C(=O)NC1=S. The standard InChI is InChI=1S/C14H12N2O2S/c1-2-8-16-13(18)11(12(17)15-14(16)19)9-10-6-4-3-5-7-10/h2-7,9H,1,8H2,(H,15,17,19). The molecule has 19 heavy (non-hydrogen) atoms. The summed E-state index contributed by atoms with van der Waals surface area (Å²) < 4.78 is 0. The fourth-order valence-corrected chi connectivity index (χ4v) is 1.95. The summed E-state index contributed by atoms with van der Waals surface area (Å²) in [5.74, 6) is -0.878. The average Bonchev–Trinajstić information content (AvgIpc) is 2.41. The van der Waals surface area contributed by atoms with Crippen LogP contribution in [0, 0.1) is 0 Å². The predicted octanol–water partition coefficient (Wildman–Crippen LogP) is 1.50. The second-order valence-electron chi connectivity index (χ2n) is 3.93. The molecule has 1 heterocycles. The molecule has 0 saturated carbocycles. The van der Waals surface area contributed by atoms with Crippen molar-refractivity contribution in [2.24, 2.45) is 0 Å². The first-order valence-electron chi connectivity index (χ1n) is 5.68. The van der Waals surface area contributed by atoms with Gasteiger partial charge in [0.15, 0.2) is 5.11 Å². The van der Waals surface area contributed by atoms with Crippen LogP contribution in [0.2, 0.25) is 0 Å². The van der Waals surface area contributed by atoms with E-state index in [1.165, 1.54) is 4.90 Å². The smallest absolute Gasteiger partial charge is 0.265 e. The first kappa shape index (κ1) is 13.2. The highest BCUT2D eigenvalue weighted by atomic mass is 32.1. The molecular weight excluding hydrogens is 260 g/mol. The monoisotopic (exact) mass is 272 g/mol. The van der Waals surface area contributed by atoms with Crippen LogP contribution in [0.4, 0.5) is 0 Å². The Hall–Kier alpha value is -2.27. The third-order valence-corrected chi connectivity index (χ3v) is 2.93. The number of nitrogens with one attached hydrogen (secondary N) is 1. The van der Waals surface area contributed by atoms with Gasteiger partial charge in [-0.05, 0) is 23.9 Å². The van der Waals surface area contributed by atoms with Gasteiger partial charge in [0.1, 0.15) is 5.57 Å². The summed E-state index contributed by atoms with van der Waals surface area (Å²) in [5, 5.41) is 2.61. The van der Waals surface area contributed by atoms with Crippen LogP contribution < -0.4 is 5.32 Å². The van der Waals surface area contributed by atoms with Crippen LogP contribution in [-0.2, 0) is 9.59 Å². The van der Waals surface area contributed by atoms with E-state index >= 15 is 0 Å². The predicted molar refractivity (Wildman–Crippen MR) is 77.1 cm³/mol. The quantitative estimate of drug-likeness (QED) is 0.392. The minimum Gasteiger partial charge on any atom is -0.298 e. The number of thiocarbonyl (C=S) groups is 1. The van der Waals surface area contributed by atoms with E-state index in [9.17, 15) is 9.59 Å². The first-order chi connectivity index (χ1) is 9.13. The molecule has 2 rings (SSSR count). The number of hydrogen-bond acceptors (Lipinski definition) is 3. The Kier molecular flexibility index (Phi) is 3.87. The third-order valence-electron chi connectivity index (χ3n) is 2.61. The highest BCUT2D eigenvalue weighted by Gasteiger charge is 2.32. The van der Waals surface area contributed by atoms with Crippen LogP contribution in [0.3, 0.4) is 0 Å². The molecule has 1 saturated heterocycles. The second-order valence-corrected chi connectivity index (χ2v) is 4.32. The van der Waals surface area contributed by atoms with E-state index in [2.05, 4.69) is 11.9 Å². The van der Waals surface area contributed by atoms with Crippen molar-refractivity contribution in [1.29, 1.82) is 0 Å². The molecule has 1 aliphatic rings. The molecule has 1 aromatic carbocycles. The van der Waals surface area contributed by atoms with Gasteiger partial charge in [-0.15, -0.1) is 6.58 Å². The van der Waals surface area contributed by atoms with Crippen molar-refractivity contribution in [3.63, 3.8) is 0 Å². The van der Waals surface area contributed by atoms with E-state index in [-0.39, 0.29) is 17.2 Å². The van der Waals surface area contributed by atoms with Crippen molar-refractivity contribution in [2.45, 2.75) is 0 Å². The molecule has 0 aliphatic carbocycles. The fraction of sp³-hybridized carbons (Fsp3) is 0.0714. The summed E-state index contributed by atoms with van der Waals surface area (Å²) in [4.78, 5) is 25.3. The lowest BCUT2D eigenvalue weighted by Gasteiger charge is -2.27. The molecule has 5 heteroatoms. The normalized spacial score (nSPS) is 17.6.